The van der Waals surface area contributed by atoms with Gasteiger partial charge in [0.05, 0.1) is 12.1 Å². The van der Waals surface area contributed by atoms with Gasteiger partial charge < -0.3 is 10.1 Å². The number of aromatic nitrogens is 2. The number of carbonyl (C=O) groups is 1. The number of carbonyl (C=O) groups excluding carboxylic acids is 1. The molecular weight excluding hydrogens is 409 g/mol. The predicted octanol–water partition coefficient (Wildman–Crippen LogP) is 5.11. The first-order valence-electron chi connectivity index (χ1n) is 8.68. The van der Waals surface area contributed by atoms with Gasteiger partial charge in [0, 0.05) is 17.3 Å². The minimum atomic E-state index is -4.45. The van der Waals surface area contributed by atoms with E-state index in [9.17, 15) is 26.7 Å². The zero-order chi connectivity index (χ0) is 21.9. The number of halogens is 5. The zero-order valence-corrected chi connectivity index (χ0v) is 15.6. The smallest absolute Gasteiger partial charge is 0.416 e. The van der Waals surface area contributed by atoms with Crippen molar-refractivity contribution in [3.8, 4) is 5.75 Å². The second-order valence-corrected chi connectivity index (χ2v) is 6.39. The SMILES string of the molecule is Cc1cc(NC(=O)c2cccc(OC(F)F)c2)nn1Cc1cccc(C(F)(F)F)c1. The molecule has 10 heteroatoms. The molecule has 2 aromatic carbocycles. The number of rotatable bonds is 6. The maximum Gasteiger partial charge on any atom is 0.416 e. The van der Waals surface area contributed by atoms with Gasteiger partial charge in [0.15, 0.2) is 5.82 Å². The van der Waals surface area contributed by atoms with Gasteiger partial charge in [-0.3, -0.25) is 9.48 Å². The molecule has 1 N–H and O–H groups in total. The number of ether oxygens (including phenoxy) is 1. The van der Waals surface area contributed by atoms with Gasteiger partial charge >= 0.3 is 12.8 Å². The molecule has 0 saturated carbocycles. The number of hydrogen-bond acceptors (Lipinski definition) is 3. The van der Waals surface area contributed by atoms with Gasteiger partial charge in [-0.1, -0.05) is 18.2 Å². The van der Waals surface area contributed by atoms with Crippen molar-refractivity contribution >= 4 is 11.7 Å². The third-order valence-electron chi connectivity index (χ3n) is 4.13. The molecule has 0 atom stereocenters. The Kier molecular flexibility index (Phi) is 6.04. The van der Waals surface area contributed by atoms with Crippen LogP contribution in [0.3, 0.4) is 0 Å². The van der Waals surface area contributed by atoms with Crippen molar-refractivity contribution in [2.45, 2.75) is 26.3 Å². The summed E-state index contributed by atoms with van der Waals surface area (Å²) in [6, 6.07) is 11.7. The first-order chi connectivity index (χ1) is 14.1. The van der Waals surface area contributed by atoms with E-state index in [1.165, 1.54) is 28.9 Å². The highest BCUT2D eigenvalue weighted by atomic mass is 19.4. The summed E-state index contributed by atoms with van der Waals surface area (Å²) in [5.74, 6) is -0.591. The highest BCUT2D eigenvalue weighted by Crippen LogP contribution is 2.29. The molecule has 0 spiro atoms. The molecule has 30 heavy (non-hydrogen) atoms. The van der Waals surface area contributed by atoms with Crippen LogP contribution >= 0.6 is 0 Å². The third-order valence-corrected chi connectivity index (χ3v) is 4.13. The Morgan fingerprint density at radius 2 is 1.87 bits per heavy atom. The van der Waals surface area contributed by atoms with E-state index in [4.69, 9.17) is 0 Å². The first-order valence-corrected chi connectivity index (χ1v) is 8.68. The van der Waals surface area contributed by atoms with Gasteiger partial charge in [-0.15, -0.1) is 0 Å². The standard InChI is InChI=1S/C20H16F5N3O2/c1-12-8-17(26-18(29)14-5-3-7-16(10-14)30-19(21)22)27-28(12)11-13-4-2-6-15(9-13)20(23,24)25/h2-10,19H,11H2,1H3,(H,26,27,29). The number of amides is 1. The van der Waals surface area contributed by atoms with E-state index in [1.807, 2.05) is 0 Å². The number of hydrogen-bond donors (Lipinski definition) is 1. The predicted molar refractivity (Wildman–Crippen MR) is 98.5 cm³/mol. The van der Waals surface area contributed by atoms with Crippen LogP contribution in [0.15, 0.2) is 54.6 Å². The van der Waals surface area contributed by atoms with Gasteiger partial charge in [-0.2, -0.15) is 27.1 Å². The molecule has 0 aliphatic heterocycles. The van der Waals surface area contributed by atoms with Crippen molar-refractivity contribution in [3.05, 3.63) is 77.0 Å². The van der Waals surface area contributed by atoms with Crippen LogP contribution in [0.4, 0.5) is 27.8 Å². The normalized spacial score (nSPS) is 11.6. The van der Waals surface area contributed by atoms with E-state index < -0.39 is 24.3 Å². The molecule has 1 heterocycles. The van der Waals surface area contributed by atoms with Gasteiger partial charge in [0.1, 0.15) is 5.75 Å². The maximum atomic E-state index is 12.9. The molecule has 0 saturated heterocycles. The van der Waals surface area contributed by atoms with Crippen molar-refractivity contribution in [3.63, 3.8) is 0 Å². The lowest BCUT2D eigenvalue weighted by atomic mass is 10.1. The van der Waals surface area contributed by atoms with E-state index in [0.717, 1.165) is 18.2 Å². The Morgan fingerprint density at radius 3 is 2.57 bits per heavy atom. The molecule has 0 aliphatic carbocycles. The van der Waals surface area contributed by atoms with Crippen LogP contribution in [-0.4, -0.2) is 22.3 Å². The zero-order valence-electron chi connectivity index (χ0n) is 15.6. The number of aryl methyl sites for hydroxylation is 1. The second-order valence-electron chi connectivity index (χ2n) is 6.39. The van der Waals surface area contributed by atoms with Crippen LogP contribution in [0.5, 0.6) is 5.75 Å². The lowest BCUT2D eigenvalue weighted by Crippen LogP contribution is -2.13. The fraction of sp³-hybridized carbons (Fsp3) is 0.200. The van der Waals surface area contributed by atoms with E-state index >= 15 is 0 Å². The summed E-state index contributed by atoms with van der Waals surface area (Å²) in [7, 11) is 0. The molecule has 0 fully saturated rings. The molecule has 5 nitrogen and oxygen atoms in total. The summed E-state index contributed by atoms with van der Waals surface area (Å²) in [5, 5.41) is 6.71. The molecule has 3 rings (SSSR count). The van der Waals surface area contributed by atoms with E-state index in [1.54, 1.807) is 19.1 Å². The van der Waals surface area contributed by atoms with Crippen molar-refractivity contribution < 1.29 is 31.5 Å². The summed E-state index contributed by atoms with van der Waals surface area (Å²) < 4.78 is 69.0. The Morgan fingerprint density at radius 1 is 1.13 bits per heavy atom. The first kappa shape index (κ1) is 21.3. The summed E-state index contributed by atoms with van der Waals surface area (Å²) in [6.07, 6.45) is -4.45. The van der Waals surface area contributed by atoms with Crippen molar-refractivity contribution in [2.75, 3.05) is 5.32 Å². The fourth-order valence-electron chi connectivity index (χ4n) is 2.75. The Hall–Kier alpha value is -3.43. The molecule has 0 aliphatic rings. The van der Waals surface area contributed by atoms with Gasteiger partial charge in [0.2, 0.25) is 0 Å². The molecular formula is C20H16F5N3O2. The van der Waals surface area contributed by atoms with Gasteiger partial charge in [0.25, 0.3) is 5.91 Å². The Balaban J connectivity index is 1.73. The highest BCUT2D eigenvalue weighted by molar-refractivity contribution is 6.04. The molecule has 0 bridgehead atoms. The lowest BCUT2D eigenvalue weighted by molar-refractivity contribution is -0.137. The van der Waals surface area contributed by atoms with Crippen LogP contribution in [0.1, 0.15) is 27.2 Å². The van der Waals surface area contributed by atoms with Crippen LogP contribution < -0.4 is 10.1 Å². The number of nitrogens with zero attached hydrogens (tertiary/aromatic N) is 2. The summed E-state index contributed by atoms with van der Waals surface area (Å²) >= 11 is 0. The minimum absolute atomic E-state index is 0.0728. The quantitative estimate of drug-likeness (QED) is 0.559. The van der Waals surface area contributed by atoms with Crippen molar-refractivity contribution in [2.24, 2.45) is 0 Å². The van der Waals surface area contributed by atoms with Crippen LogP contribution in [0, 0.1) is 6.92 Å². The molecule has 158 valence electrons. The Labute approximate surface area is 168 Å². The molecule has 1 aromatic heterocycles. The summed E-state index contributed by atoms with van der Waals surface area (Å²) in [6.45, 7) is -1.26. The highest BCUT2D eigenvalue weighted by Gasteiger charge is 2.30. The number of alkyl halides is 5. The summed E-state index contributed by atoms with van der Waals surface area (Å²) in [4.78, 5) is 12.4. The number of benzene rings is 2. The van der Waals surface area contributed by atoms with E-state index in [0.29, 0.717) is 11.3 Å². The monoisotopic (exact) mass is 425 g/mol. The van der Waals surface area contributed by atoms with Crippen LogP contribution in [-0.2, 0) is 12.7 Å². The van der Waals surface area contributed by atoms with Gasteiger partial charge in [-0.25, -0.2) is 0 Å². The topological polar surface area (TPSA) is 56.1 Å². The van der Waals surface area contributed by atoms with E-state index in [2.05, 4.69) is 15.2 Å². The number of anilines is 1. The average Bonchev–Trinajstić information content (AvgIpc) is 2.99. The molecule has 0 radical (unpaired) electrons. The lowest BCUT2D eigenvalue weighted by Gasteiger charge is -2.09. The van der Waals surface area contributed by atoms with Crippen LogP contribution in [0.25, 0.3) is 0 Å². The maximum absolute atomic E-state index is 12.9. The summed E-state index contributed by atoms with van der Waals surface area (Å²) in [5.41, 5.74) is 0.325. The van der Waals surface area contributed by atoms with E-state index in [-0.39, 0.29) is 23.7 Å². The van der Waals surface area contributed by atoms with Crippen molar-refractivity contribution in [1.29, 1.82) is 0 Å². The Bertz CT molecular complexity index is 1050. The second kappa shape index (κ2) is 8.52. The number of nitrogens with one attached hydrogen (secondary N) is 1. The minimum Gasteiger partial charge on any atom is -0.435 e. The average molecular weight is 425 g/mol. The van der Waals surface area contributed by atoms with Crippen molar-refractivity contribution in [1.82, 2.24) is 9.78 Å². The van der Waals surface area contributed by atoms with Gasteiger partial charge in [-0.05, 0) is 42.8 Å². The van der Waals surface area contributed by atoms with Crippen LogP contribution in [0.2, 0.25) is 0 Å². The fourth-order valence-corrected chi connectivity index (χ4v) is 2.75. The molecule has 3 aromatic rings. The third kappa shape index (κ3) is 5.34. The molecule has 1 amide bonds. The molecule has 0 unspecified atom stereocenters. The largest absolute Gasteiger partial charge is 0.435 e.